The molecule has 1 aliphatic heterocycles. The number of hydrogen-bond acceptors (Lipinski definition) is 6. The summed E-state index contributed by atoms with van der Waals surface area (Å²) in [5.74, 6) is 1.20. The average molecular weight is 450 g/mol. The van der Waals surface area contributed by atoms with Crippen molar-refractivity contribution < 1.29 is 9.13 Å². The molecule has 0 radical (unpaired) electrons. The lowest BCUT2D eigenvalue weighted by molar-refractivity contribution is 0.227. The number of fused-ring (bicyclic) bond motifs is 3. The maximum atomic E-state index is 14.2. The minimum atomic E-state index is -0.567. The van der Waals surface area contributed by atoms with Crippen LogP contribution < -0.4 is 21.1 Å². The highest BCUT2D eigenvalue weighted by molar-refractivity contribution is 6.06. The van der Waals surface area contributed by atoms with E-state index in [4.69, 9.17) is 21.3 Å². The largest absolute Gasteiger partial charge is 0.482 e. The summed E-state index contributed by atoms with van der Waals surface area (Å²) >= 11 is 0. The Kier molecular flexibility index (Phi) is 6.39. The molecule has 1 aliphatic carbocycles. The number of benzene rings is 1. The van der Waals surface area contributed by atoms with Gasteiger partial charge in [-0.1, -0.05) is 0 Å². The Morgan fingerprint density at radius 2 is 2.18 bits per heavy atom. The van der Waals surface area contributed by atoms with Crippen molar-refractivity contribution in [2.45, 2.75) is 32.8 Å². The van der Waals surface area contributed by atoms with E-state index in [2.05, 4.69) is 20.6 Å². The molecule has 172 valence electrons. The topological polar surface area (TPSA) is 132 Å². The third-order valence-electron chi connectivity index (χ3n) is 5.83. The summed E-state index contributed by atoms with van der Waals surface area (Å²) in [6.07, 6.45) is 4.41. The number of nitrogen functional groups attached to an aromatic ring is 1. The number of nitrogens with one attached hydrogen (secondary N) is 4. The molecule has 0 saturated heterocycles. The Bertz CT molecular complexity index is 1150. The van der Waals surface area contributed by atoms with Crippen LogP contribution in [0.25, 0.3) is 5.70 Å². The van der Waals surface area contributed by atoms with Crippen molar-refractivity contribution in [1.82, 2.24) is 15.6 Å². The molecule has 6 N–H and O–H groups in total. The fraction of sp³-hybridized carbons (Fsp3) is 0.333. The Morgan fingerprint density at radius 1 is 1.39 bits per heavy atom. The number of rotatable bonds is 5. The first-order chi connectivity index (χ1) is 15.9. The SMILES string of the molecule is CC(=N)/C1=C(\NCC2CC2)c2cnc(N)c(c2)OC(C)c2cc(F)ccc2/C(=N/C=N)NC1. The van der Waals surface area contributed by atoms with Crippen LogP contribution in [0.2, 0.25) is 0 Å². The predicted molar refractivity (Wildman–Crippen MR) is 128 cm³/mol. The van der Waals surface area contributed by atoms with Gasteiger partial charge in [-0.2, -0.15) is 0 Å². The van der Waals surface area contributed by atoms with Crippen LogP contribution in [0.15, 0.2) is 41.0 Å². The molecule has 2 aliphatic rings. The molecule has 4 rings (SSSR count). The van der Waals surface area contributed by atoms with E-state index in [0.29, 0.717) is 34.3 Å². The number of hydrogen-bond donors (Lipinski definition) is 5. The molecule has 2 aromatic rings. The molecule has 0 spiro atoms. The highest BCUT2D eigenvalue weighted by atomic mass is 19.1. The number of nitrogens with zero attached hydrogens (tertiary/aromatic N) is 2. The van der Waals surface area contributed by atoms with Crippen LogP contribution in [0.4, 0.5) is 10.2 Å². The van der Waals surface area contributed by atoms with E-state index in [1.54, 1.807) is 26.1 Å². The number of nitrogens with two attached hydrogens (primary N) is 1. The van der Waals surface area contributed by atoms with E-state index in [1.165, 1.54) is 25.0 Å². The summed E-state index contributed by atoms with van der Waals surface area (Å²) in [5, 5.41) is 22.7. The van der Waals surface area contributed by atoms with E-state index < -0.39 is 11.9 Å². The lowest BCUT2D eigenvalue weighted by Gasteiger charge is -2.24. The van der Waals surface area contributed by atoms with E-state index in [9.17, 15) is 4.39 Å². The molecule has 2 bridgehead atoms. The summed E-state index contributed by atoms with van der Waals surface area (Å²) in [4.78, 5) is 8.51. The summed E-state index contributed by atoms with van der Waals surface area (Å²) in [7, 11) is 0. The first-order valence-electron chi connectivity index (χ1n) is 10.9. The van der Waals surface area contributed by atoms with Gasteiger partial charge in [-0.15, -0.1) is 0 Å². The lowest BCUT2D eigenvalue weighted by atomic mass is 9.99. The Balaban J connectivity index is 1.89. The molecule has 8 nitrogen and oxygen atoms in total. The fourth-order valence-corrected chi connectivity index (χ4v) is 3.83. The van der Waals surface area contributed by atoms with Gasteiger partial charge in [-0.3, -0.25) is 5.41 Å². The van der Waals surface area contributed by atoms with E-state index in [0.717, 1.165) is 29.7 Å². The molecule has 1 saturated carbocycles. The zero-order chi connectivity index (χ0) is 23.5. The van der Waals surface area contributed by atoms with Crippen molar-refractivity contribution in [2.75, 3.05) is 18.8 Å². The Hall–Kier alpha value is -3.75. The zero-order valence-corrected chi connectivity index (χ0v) is 18.7. The monoisotopic (exact) mass is 449 g/mol. The highest BCUT2D eigenvalue weighted by Crippen LogP contribution is 2.33. The van der Waals surface area contributed by atoms with E-state index >= 15 is 0 Å². The van der Waals surface area contributed by atoms with E-state index in [-0.39, 0.29) is 12.4 Å². The minimum Gasteiger partial charge on any atom is -0.482 e. The molecule has 1 fully saturated rings. The second kappa shape index (κ2) is 9.40. The summed E-state index contributed by atoms with van der Waals surface area (Å²) < 4.78 is 20.3. The van der Waals surface area contributed by atoms with Crippen molar-refractivity contribution in [3.63, 3.8) is 0 Å². The Labute approximate surface area is 192 Å². The molecular weight excluding hydrogens is 421 g/mol. The van der Waals surface area contributed by atoms with Gasteiger partial charge in [0.1, 0.15) is 24.1 Å². The quantitative estimate of drug-likeness (QED) is 0.351. The van der Waals surface area contributed by atoms with Gasteiger partial charge < -0.3 is 26.5 Å². The molecular formula is C24H28FN7O. The number of pyridine rings is 1. The molecule has 33 heavy (non-hydrogen) atoms. The van der Waals surface area contributed by atoms with Crippen LogP contribution >= 0.6 is 0 Å². The van der Waals surface area contributed by atoms with Crippen molar-refractivity contribution in [1.29, 1.82) is 10.8 Å². The van der Waals surface area contributed by atoms with Gasteiger partial charge in [0.15, 0.2) is 11.6 Å². The molecule has 0 amide bonds. The van der Waals surface area contributed by atoms with Crippen LogP contribution in [0.5, 0.6) is 5.75 Å². The number of anilines is 1. The van der Waals surface area contributed by atoms with Gasteiger partial charge in [0, 0.05) is 53.0 Å². The van der Waals surface area contributed by atoms with Crippen LogP contribution in [-0.4, -0.2) is 36.0 Å². The number of amidine groups is 1. The van der Waals surface area contributed by atoms with Gasteiger partial charge in [0.2, 0.25) is 0 Å². The number of halogens is 1. The smallest absolute Gasteiger partial charge is 0.166 e. The van der Waals surface area contributed by atoms with Crippen LogP contribution in [0.3, 0.4) is 0 Å². The Morgan fingerprint density at radius 3 is 2.88 bits per heavy atom. The van der Waals surface area contributed by atoms with Crippen LogP contribution in [0.1, 0.15) is 49.5 Å². The standard InChI is InChI=1S/C24H28FN7O/c1-13(27)20-11-31-24(32-12-26)18-6-5-17(25)8-19(18)14(2)33-21-7-16(10-30-23(21)28)22(20)29-9-15-3-4-15/h5-8,10,12,14-15,27,29H,3-4,9,11H2,1-2H3,(H2,28,30)(H2,26,31,32)/b22-20-,27-13?. The van der Waals surface area contributed by atoms with Crippen molar-refractivity contribution in [2.24, 2.45) is 10.9 Å². The zero-order valence-electron chi connectivity index (χ0n) is 18.7. The third-order valence-corrected chi connectivity index (χ3v) is 5.83. The maximum absolute atomic E-state index is 14.2. The summed E-state index contributed by atoms with van der Waals surface area (Å²) in [6.45, 7) is 4.60. The average Bonchev–Trinajstić information content (AvgIpc) is 3.60. The van der Waals surface area contributed by atoms with Crippen LogP contribution in [0, 0.1) is 22.6 Å². The number of aliphatic imine (C=N–C) groups is 1. The first kappa shape index (κ1) is 22.4. The molecule has 1 unspecified atom stereocenters. The van der Waals surface area contributed by atoms with Gasteiger partial charge in [0.25, 0.3) is 0 Å². The second-order valence-corrected chi connectivity index (χ2v) is 8.36. The van der Waals surface area contributed by atoms with Crippen molar-refractivity contribution >= 4 is 29.4 Å². The third kappa shape index (κ3) is 5.02. The molecule has 1 atom stereocenters. The predicted octanol–water partition coefficient (Wildman–Crippen LogP) is 3.65. The van der Waals surface area contributed by atoms with Gasteiger partial charge in [-0.05, 0) is 56.9 Å². The number of ether oxygens (including phenoxy) is 1. The van der Waals surface area contributed by atoms with Gasteiger partial charge in [0.05, 0.1) is 0 Å². The molecule has 1 aromatic heterocycles. The molecule has 2 heterocycles. The lowest BCUT2D eigenvalue weighted by Crippen LogP contribution is -2.32. The van der Waals surface area contributed by atoms with Crippen LogP contribution in [-0.2, 0) is 0 Å². The maximum Gasteiger partial charge on any atom is 0.166 e. The fourth-order valence-electron chi connectivity index (χ4n) is 3.83. The molecule has 1 aromatic carbocycles. The first-order valence-corrected chi connectivity index (χ1v) is 10.9. The van der Waals surface area contributed by atoms with Gasteiger partial charge in [-0.25, -0.2) is 14.4 Å². The van der Waals surface area contributed by atoms with E-state index in [1.807, 2.05) is 6.07 Å². The normalized spacial score (nSPS) is 21.7. The van der Waals surface area contributed by atoms with Crippen molar-refractivity contribution in [3.05, 3.63) is 58.5 Å². The minimum absolute atomic E-state index is 0.224. The highest BCUT2D eigenvalue weighted by Gasteiger charge is 2.25. The summed E-state index contributed by atoms with van der Waals surface area (Å²) in [6, 6.07) is 6.15. The second-order valence-electron chi connectivity index (χ2n) is 8.36. The number of aromatic nitrogens is 1. The van der Waals surface area contributed by atoms with Crippen molar-refractivity contribution in [3.8, 4) is 5.75 Å². The molecule has 9 heteroatoms. The van der Waals surface area contributed by atoms with Gasteiger partial charge >= 0.3 is 0 Å². The summed E-state index contributed by atoms with van der Waals surface area (Å²) in [5.41, 5.74) is 9.90.